The van der Waals surface area contributed by atoms with E-state index >= 15 is 0 Å². The van der Waals surface area contributed by atoms with E-state index in [1.807, 2.05) is 84.7 Å². The summed E-state index contributed by atoms with van der Waals surface area (Å²) in [4.78, 5) is 31.6. The molecule has 6 nitrogen and oxygen atoms in total. The second-order valence-electron chi connectivity index (χ2n) is 7.08. The molecular weight excluding hydrogens is 412 g/mol. The Labute approximate surface area is 184 Å². The molecule has 0 fully saturated rings. The average molecular weight is 433 g/mol. The van der Waals surface area contributed by atoms with Gasteiger partial charge in [0.05, 0.1) is 5.52 Å². The number of benzene rings is 3. The van der Waals surface area contributed by atoms with Crippen LogP contribution in [-0.4, -0.2) is 22.5 Å². The molecule has 0 aliphatic rings. The minimum Gasteiger partial charge on any atom is -0.350 e. The number of carbonyl (C=O) groups is 1. The number of carbonyl (C=O) groups excluding carboxylic acids is 1. The van der Waals surface area contributed by atoms with Gasteiger partial charge >= 0.3 is 5.69 Å². The van der Waals surface area contributed by atoms with Gasteiger partial charge in [0.25, 0.3) is 0 Å². The van der Waals surface area contributed by atoms with Gasteiger partial charge in [-0.15, -0.1) is 0 Å². The zero-order chi connectivity index (χ0) is 21.8. The molecule has 0 bridgehead atoms. The molecule has 1 N–H and O–H groups in total. The van der Waals surface area contributed by atoms with E-state index in [-0.39, 0.29) is 19.0 Å². The van der Waals surface area contributed by atoms with Gasteiger partial charge in [-0.05, 0) is 35.9 Å². The van der Waals surface area contributed by atoms with Crippen LogP contribution in [0.2, 0.25) is 5.02 Å². The van der Waals surface area contributed by atoms with Crippen LogP contribution in [0.15, 0.2) is 83.7 Å². The zero-order valence-electron chi connectivity index (χ0n) is 17.0. The number of nitrogens with one attached hydrogen (secondary N) is 1. The van der Waals surface area contributed by atoms with Crippen molar-refractivity contribution < 1.29 is 4.79 Å². The Balaban J connectivity index is 1.63. The Kier molecular flexibility index (Phi) is 6.00. The normalized spacial score (nSPS) is 10.8. The SMILES string of the molecule is CN(c1ccccc1)c1nc(=O)n(CC(=O)NCc2ccccc2Cl)c2ccccc12. The molecular formula is C24H21ClN4O2. The summed E-state index contributed by atoms with van der Waals surface area (Å²) in [7, 11) is 1.87. The van der Waals surface area contributed by atoms with Crippen LogP contribution < -0.4 is 15.9 Å². The fourth-order valence-corrected chi connectivity index (χ4v) is 3.63. The van der Waals surface area contributed by atoms with Gasteiger partial charge in [0.2, 0.25) is 5.91 Å². The van der Waals surface area contributed by atoms with Crippen LogP contribution in [-0.2, 0) is 17.9 Å². The lowest BCUT2D eigenvalue weighted by molar-refractivity contribution is -0.121. The first-order chi connectivity index (χ1) is 15.0. The summed E-state index contributed by atoms with van der Waals surface area (Å²) in [5, 5.41) is 4.19. The molecule has 1 amide bonds. The number of nitrogens with zero attached hydrogens (tertiary/aromatic N) is 3. The number of anilines is 2. The molecule has 0 unspecified atom stereocenters. The zero-order valence-corrected chi connectivity index (χ0v) is 17.7. The highest BCUT2D eigenvalue weighted by atomic mass is 35.5. The second kappa shape index (κ2) is 9.02. The molecule has 0 radical (unpaired) electrons. The van der Waals surface area contributed by atoms with Crippen molar-refractivity contribution in [2.45, 2.75) is 13.1 Å². The van der Waals surface area contributed by atoms with Crippen LogP contribution in [0.4, 0.5) is 11.5 Å². The highest BCUT2D eigenvalue weighted by Gasteiger charge is 2.16. The second-order valence-corrected chi connectivity index (χ2v) is 7.49. The third-order valence-corrected chi connectivity index (χ3v) is 5.43. The molecule has 0 saturated carbocycles. The Bertz CT molecular complexity index is 1290. The van der Waals surface area contributed by atoms with Crippen molar-refractivity contribution in [2.75, 3.05) is 11.9 Å². The summed E-state index contributed by atoms with van der Waals surface area (Å²) >= 11 is 6.15. The molecule has 0 aliphatic carbocycles. The Hall–Kier alpha value is -3.64. The molecule has 3 aromatic carbocycles. The van der Waals surface area contributed by atoms with Crippen molar-refractivity contribution in [1.29, 1.82) is 0 Å². The monoisotopic (exact) mass is 432 g/mol. The van der Waals surface area contributed by atoms with Gasteiger partial charge in [0.15, 0.2) is 0 Å². The number of fused-ring (bicyclic) bond motifs is 1. The van der Waals surface area contributed by atoms with E-state index in [1.165, 1.54) is 4.57 Å². The van der Waals surface area contributed by atoms with Gasteiger partial charge in [-0.2, -0.15) is 4.98 Å². The fourth-order valence-electron chi connectivity index (χ4n) is 3.43. The standard InChI is InChI=1S/C24H21ClN4O2/c1-28(18-10-3-2-4-11-18)23-19-12-6-8-14-21(19)29(24(31)27-23)16-22(30)26-15-17-9-5-7-13-20(17)25/h2-14H,15-16H2,1H3,(H,26,30). The lowest BCUT2D eigenvalue weighted by Gasteiger charge is -2.21. The van der Waals surface area contributed by atoms with Crippen LogP contribution in [0.3, 0.4) is 0 Å². The summed E-state index contributed by atoms with van der Waals surface area (Å²) in [6.45, 7) is 0.152. The van der Waals surface area contributed by atoms with Crippen molar-refractivity contribution >= 4 is 39.9 Å². The predicted octanol–water partition coefficient (Wildman–Crippen LogP) is 4.13. The van der Waals surface area contributed by atoms with E-state index in [1.54, 1.807) is 6.07 Å². The maximum absolute atomic E-state index is 12.9. The van der Waals surface area contributed by atoms with Crippen LogP contribution in [0.1, 0.15) is 5.56 Å². The van der Waals surface area contributed by atoms with Crippen molar-refractivity contribution in [3.8, 4) is 0 Å². The lowest BCUT2D eigenvalue weighted by Crippen LogP contribution is -2.34. The van der Waals surface area contributed by atoms with Gasteiger partial charge in [0.1, 0.15) is 12.4 Å². The first-order valence-electron chi connectivity index (χ1n) is 9.83. The van der Waals surface area contributed by atoms with E-state index < -0.39 is 5.69 Å². The highest BCUT2D eigenvalue weighted by Crippen LogP contribution is 2.27. The van der Waals surface area contributed by atoms with Gasteiger partial charge in [-0.3, -0.25) is 9.36 Å². The molecule has 0 spiro atoms. The summed E-state index contributed by atoms with van der Waals surface area (Å²) in [6.07, 6.45) is 0. The molecule has 4 rings (SSSR count). The van der Waals surface area contributed by atoms with Gasteiger partial charge in [-0.1, -0.05) is 60.1 Å². The average Bonchev–Trinajstić information content (AvgIpc) is 2.80. The fraction of sp³-hybridized carbons (Fsp3) is 0.125. The van der Waals surface area contributed by atoms with E-state index in [0.29, 0.717) is 16.4 Å². The van der Waals surface area contributed by atoms with Crippen molar-refractivity contribution in [1.82, 2.24) is 14.9 Å². The molecule has 0 atom stereocenters. The number of aromatic nitrogens is 2. The largest absolute Gasteiger partial charge is 0.350 e. The Morgan fingerprint density at radius 2 is 1.68 bits per heavy atom. The van der Waals surface area contributed by atoms with Gasteiger partial charge < -0.3 is 10.2 Å². The summed E-state index contributed by atoms with van der Waals surface area (Å²) in [6, 6.07) is 24.4. The lowest BCUT2D eigenvalue weighted by atomic mass is 10.2. The quantitative estimate of drug-likeness (QED) is 0.497. The van der Waals surface area contributed by atoms with Crippen LogP contribution >= 0.6 is 11.6 Å². The van der Waals surface area contributed by atoms with Crippen molar-refractivity contribution in [3.05, 3.63) is 99.9 Å². The molecule has 31 heavy (non-hydrogen) atoms. The third kappa shape index (κ3) is 4.44. The van der Waals surface area contributed by atoms with E-state index in [2.05, 4.69) is 10.3 Å². The topological polar surface area (TPSA) is 67.2 Å². The molecule has 1 heterocycles. The molecule has 4 aromatic rings. The summed E-state index contributed by atoms with van der Waals surface area (Å²) in [5.74, 6) is 0.248. The maximum atomic E-state index is 12.9. The van der Waals surface area contributed by atoms with Crippen LogP contribution in [0, 0.1) is 0 Å². The minimum absolute atomic E-state index is 0.133. The summed E-state index contributed by atoms with van der Waals surface area (Å²) < 4.78 is 1.39. The minimum atomic E-state index is -0.482. The first-order valence-corrected chi connectivity index (χ1v) is 10.2. The van der Waals surface area contributed by atoms with Crippen molar-refractivity contribution in [2.24, 2.45) is 0 Å². The van der Waals surface area contributed by atoms with E-state index in [0.717, 1.165) is 16.6 Å². The number of hydrogen-bond acceptors (Lipinski definition) is 4. The third-order valence-electron chi connectivity index (χ3n) is 5.06. The molecule has 0 saturated heterocycles. The van der Waals surface area contributed by atoms with Crippen LogP contribution in [0.5, 0.6) is 0 Å². The van der Waals surface area contributed by atoms with Gasteiger partial charge in [-0.25, -0.2) is 4.79 Å². The predicted molar refractivity (Wildman–Crippen MR) is 124 cm³/mol. The number of amides is 1. The smallest absolute Gasteiger partial charge is 0.350 e. The number of halogens is 1. The molecule has 7 heteroatoms. The summed E-state index contributed by atoms with van der Waals surface area (Å²) in [5.41, 5.74) is 1.89. The molecule has 0 aliphatic heterocycles. The Morgan fingerprint density at radius 3 is 2.45 bits per heavy atom. The van der Waals surface area contributed by atoms with Crippen LogP contribution in [0.25, 0.3) is 10.9 Å². The highest BCUT2D eigenvalue weighted by molar-refractivity contribution is 6.31. The number of rotatable bonds is 6. The number of hydrogen-bond donors (Lipinski definition) is 1. The van der Waals surface area contributed by atoms with E-state index in [9.17, 15) is 9.59 Å². The Morgan fingerprint density at radius 1 is 1.00 bits per heavy atom. The van der Waals surface area contributed by atoms with Gasteiger partial charge in [0, 0.05) is 29.7 Å². The first kappa shape index (κ1) is 20.6. The molecule has 156 valence electrons. The number of para-hydroxylation sites is 2. The van der Waals surface area contributed by atoms with Crippen molar-refractivity contribution in [3.63, 3.8) is 0 Å². The maximum Gasteiger partial charge on any atom is 0.350 e. The van der Waals surface area contributed by atoms with E-state index in [4.69, 9.17) is 11.6 Å². The molecule has 1 aromatic heterocycles.